The summed E-state index contributed by atoms with van der Waals surface area (Å²) < 4.78 is 0. The highest BCUT2D eigenvalue weighted by Gasteiger charge is 2.31. The van der Waals surface area contributed by atoms with Crippen molar-refractivity contribution in [3.05, 3.63) is 47.0 Å². The van der Waals surface area contributed by atoms with Gasteiger partial charge in [-0.3, -0.25) is 0 Å². The van der Waals surface area contributed by atoms with Gasteiger partial charge in [-0.15, -0.1) is 0 Å². The molecule has 1 unspecified atom stereocenters. The second-order valence-electron chi connectivity index (χ2n) is 5.22. The molecular weight excluding hydrogens is 288 g/mol. The fourth-order valence-corrected chi connectivity index (χ4v) is 2.80. The molecular formula is C15H17ClN4O. The van der Waals surface area contributed by atoms with E-state index in [1.165, 1.54) is 0 Å². The van der Waals surface area contributed by atoms with E-state index in [9.17, 15) is 4.79 Å². The number of likely N-dealkylation sites (tertiary alicyclic amines) is 1. The third-order valence-corrected chi connectivity index (χ3v) is 4.18. The first-order chi connectivity index (χ1) is 10.1. The Labute approximate surface area is 128 Å². The molecule has 2 amide bonds. The van der Waals surface area contributed by atoms with Crippen LogP contribution < -0.4 is 5.32 Å². The number of aromatic nitrogens is 2. The minimum absolute atomic E-state index is 0.0147. The largest absolute Gasteiger partial charge is 0.347 e. The standard InChI is InChI=1S/C15H17ClN4O/c1-10-4-5-11(9-12(10)16)19-15(21)20-8-2-3-13(20)14-17-6-7-18-14/h4-7,9,13H,2-3,8H2,1H3,(H,17,18)(H,19,21). The highest BCUT2D eigenvalue weighted by Crippen LogP contribution is 2.30. The molecule has 1 aliphatic heterocycles. The molecule has 0 saturated carbocycles. The Balaban J connectivity index is 1.73. The molecule has 2 heterocycles. The lowest BCUT2D eigenvalue weighted by Crippen LogP contribution is -2.34. The van der Waals surface area contributed by atoms with Crippen LogP contribution in [0.25, 0.3) is 0 Å². The molecule has 1 fully saturated rings. The highest BCUT2D eigenvalue weighted by atomic mass is 35.5. The van der Waals surface area contributed by atoms with E-state index < -0.39 is 0 Å². The van der Waals surface area contributed by atoms with Crippen molar-refractivity contribution >= 4 is 23.3 Å². The number of urea groups is 1. The van der Waals surface area contributed by atoms with Crippen LogP contribution in [-0.2, 0) is 0 Å². The maximum atomic E-state index is 12.4. The summed E-state index contributed by atoms with van der Waals surface area (Å²) in [5.41, 5.74) is 1.70. The van der Waals surface area contributed by atoms with Gasteiger partial charge in [-0.25, -0.2) is 9.78 Å². The van der Waals surface area contributed by atoms with Crippen molar-refractivity contribution in [2.75, 3.05) is 11.9 Å². The van der Waals surface area contributed by atoms with Crippen molar-refractivity contribution in [1.29, 1.82) is 0 Å². The summed E-state index contributed by atoms with van der Waals surface area (Å²) >= 11 is 6.09. The number of anilines is 1. The SMILES string of the molecule is Cc1ccc(NC(=O)N2CCCC2c2ncc[nH]2)cc1Cl. The third kappa shape index (κ3) is 2.88. The number of imidazole rings is 1. The lowest BCUT2D eigenvalue weighted by Gasteiger charge is -2.23. The van der Waals surface area contributed by atoms with Crippen molar-refractivity contribution < 1.29 is 4.79 Å². The van der Waals surface area contributed by atoms with Gasteiger partial charge in [0.25, 0.3) is 0 Å². The summed E-state index contributed by atoms with van der Waals surface area (Å²) in [4.78, 5) is 21.6. The quantitative estimate of drug-likeness (QED) is 0.888. The zero-order chi connectivity index (χ0) is 14.8. The Kier molecular flexibility index (Phi) is 3.84. The van der Waals surface area contributed by atoms with E-state index in [4.69, 9.17) is 11.6 Å². The van der Waals surface area contributed by atoms with Gasteiger partial charge < -0.3 is 15.2 Å². The smallest absolute Gasteiger partial charge is 0.322 e. The van der Waals surface area contributed by atoms with E-state index in [1.54, 1.807) is 18.5 Å². The number of carbonyl (C=O) groups excluding carboxylic acids is 1. The summed E-state index contributed by atoms with van der Waals surface area (Å²) in [6, 6.07) is 5.42. The lowest BCUT2D eigenvalue weighted by atomic mass is 10.2. The van der Waals surface area contributed by atoms with Crippen LogP contribution in [0.3, 0.4) is 0 Å². The van der Waals surface area contributed by atoms with Crippen LogP contribution in [0.5, 0.6) is 0 Å². The van der Waals surface area contributed by atoms with Gasteiger partial charge in [-0.05, 0) is 37.5 Å². The van der Waals surface area contributed by atoms with Gasteiger partial charge in [0.2, 0.25) is 0 Å². The van der Waals surface area contributed by atoms with Crippen LogP contribution in [0.15, 0.2) is 30.6 Å². The van der Waals surface area contributed by atoms with E-state index in [1.807, 2.05) is 24.0 Å². The minimum Gasteiger partial charge on any atom is -0.347 e. The molecule has 21 heavy (non-hydrogen) atoms. The van der Waals surface area contributed by atoms with E-state index >= 15 is 0 Å². The number of amides is 2. The Hall–Kier alpha value is -2.01. The van der Waals surface area contributed by atoms with Crippen LogP contribution in [0.1, 0.15) is 30.3 Å². The Bertz CT molecular complexity index is 641. The molecule has 5 nitrogen and oxygen atoms in total. The predicted molar refractivity (Wildman–Crippen MR) is 82.5 cm³/mol. The Morgan fingerprint density at radius 2 is 2.38 bits per heavy atom. The molecule has 1 aromatic carbocycles. The number of aryl methyl sites for hydroxylation is 1. The van der Waals surface area contributed by atoms with E-state index in [2.05, 4.69) is 15.3 Å². The van der Waals surface area contributed by atoms with Crippen LogP contribution >= 0.6 is 11.6 Å². The molecule has 110 valence electrons. The van der Waals surface area contributed by atoms with E-state index in [0.29, 0.717) is 10.7 Å². The maximum absolute atomic E-state index is 12.4. The van der Waals surface area contributed by atoms with Crippen LogP contribution in [0, 0.1) is 6.92 Å². The topological polar surface area (TPSA) is 61.0 Å². The van der Waals surface area contributed by atoms with E-state index in [-0.39, 0.29) is 12.1 Å². The Morgan fingerprint density at radius 1 is 1.52 bits per heavy atom. The molecule has 1 saturated heterocycles. The molecule has 0 aliphatic carbocycles. The van der Waals surface area contributed by atoms with Gasteiger partial charge in [0.15, 0.2) is 0 Å². The number of aromatic amines is 1. The highest BCUT2D eigenvalue weighted by molar-refractivity contribution is 6.31. The molecule has 1 atom stereocenters. The number of halogens is 1. The average Bonchev–Trinajstić information content (AvgIpc) is 3.12. The van der Waals surface area contributed by atoms with Crippen molar-refractivity contribution in [3.63, 3.8) is 0 Å². The summed E-state index contributed by atoms with van der Waals surface area (Å²) in [6.45, 7) is 2.66. The van der Waals surface area contributed by atoms with Crippen molar-refractivity contribution in [3.8, 4) is 0 Å². The first-order valence-corrected chi connectivity index (χ1v) is 7.36. The van der Waals surface area contributed by atoms with Crippen molar-refractivity contribution in [2.24, 2.45) is 0 Å². The van der Waals surface area contributed by atoms with Gasteiger partial charge in [-0.2, -0.15) is 0 Å². The number of benzene rings is 1. The minimum atomic E-state index is -0.117. The van der Waals surface area contributed by atoms with Crippen LogP contribution in [-0.4, -0.2) is 27.4 Å². The van der Waals surface area contributed by atoms with Crippen molar-refractivity contribution in [1.82, 2.24) is 14.9 Å². The van der Waals surface area contributed by atoms with Crippen molar-refractivity contribution in [2.45, 2.75) is 25.8 Å². The second-order valence-corrected chi connectivity index (χ2v) is 5.63. The summed E-state index contributed by atoms with van der Waals surface area (Å²) in [6.07, 6.45) is 5.40. The molecule has 3 rings (SSSR count). The number of nitrogens with zero attached hydrogens (tertiary/aromatic N) is 2. The monoisotopic (exact) mass is 304 g/mol. The average molecular weight is 305 g/mol. The zero-order valence-corrected chi connectivity index (χ0v) is 12.5. The molecule has 1 aromatic heterocycles. The van der Waals surface area contributed by atoms with Gasteiger partial charge in [0.1, 0.15) is 5.82 Å². The molecule has 0 spiro atoms. The molecule has 6 heteroatoms. The zero-order valence-electron chi connectivity index (χ0n) is 11.8. The number of hydrogen-bond acceptors (Lipinski definition) is 2. The fourth-order valence-electron chi connectivity index (χ4n) is 2.62. The summed E-state index contributed by atoms with van der Waals surface area (Å²) in [5, 5.41) is 3.55. The van der Waals surface area contributed by atoms with Crippen LogP contribution in [0.2, 0.25) is 5.02 Å². The predicted octanol–water partition coefficient (Wildman–Crippen LogP) is 3.74. The van der Waals surface area contributed by atoms with Crippen LogP contribution in [0.4, 0.5) is 10.5 Å². The molecule has 1 aliphatic rings. The molecule has 0 radical (unpaired) electrons. The van der Waals surface area contributed by atoms with E-state index in [0.717, 1.165) is 30.8 Å². The summed E-state index contributed by atoms with van der Waals surface area (Å²) in [5.74, 6) is 0.838. The Morgan fingerprint density at radius 3 is 3.10 bits per heavy atom. The van der Waals surface area contributed by atoms with Gasteiger partial charge in [0.05, 0.1) is 6.04 Å². The maximum Gasteiger partial charge on any atom is 0.322 e. The molecule has 2 N–H and O–H groups in total. The number of rotatable bonds is 2. The fraction of sp³-hybridized carbons (Fsp3) is 0.333. The lowest BCUT2D eigenvalue weighted by molar-refractivity contribution is 0.205. The molecule has 2 aromatic rings. The number of H-pyrrole nitrogens is 1. The summed E-state index contributed by atoms with van der Waals surface area (Å²) in [7, 11) is 0. The van der Waals surface area contributed by atoms with Gasteiger partial charge in [0, 0.05) is 29.6 Å². The second kappa shape index (κ2) is 5.77. The first-order valence-electron chi connectivity index (χ1n) is 6.98. The number of hydrogen-bond donors (Lipinski definition) is 2. The number of nitrogens with one attached hydrogen (secondary N) is 2. The third-order valence-electron chi connectivity index (χ3n) is 3.77. The number of carbonyl (C=O) groups is 1. The normalized spacial score (nSPS) is 18.0. The van der Waals surface area contributed by atoms with Gasteiger partial charge in [-0.1, -0.05) is 17.7 Å². The van der Waals surface area contributed by atoms with Gasteiger partial charge >= 0.3 is 6.03 Å². The molecule has 0 bridgehead atoms. The first kappa shape index (κ1) is 13.9.